The minimum absolute atomic E-state index is 0.180. The SMILES string of the molecule is [NH3+][C@@H](COCCc1ccsc1)C(=O)O. The second-order valence-corrected chi connectivity index (χ2v) is 3.77. The van der Waals surface area contributed by atoms with E-state index in [1.807, 2.05) is 11.4 Å². The average Bonchev–Trinajstić information content (AvgIpc) is 2.64. The van der Waals surface area contributed by atoms with Crippen LogP contribution in [0, 0.1) is 0 Å². The maximum atomic E-state index is 10.4. The molecule has 5 heteroatoms. The number of hydrogen-bond donors (Lipinski definition) is 2. The van der Waals surface area contributed by atoms with Gasteiger partial charge in [-0.3, -0.25) is 0 Å². The molecular weight excluding hydrogens is 202 g/mol. The van der Waals surface area contributed by atoms with Gasteiger partial charge in [-0.25, -0.2) is 4.79 Å². The van der Waals surface area contributed by atoms with Gasteiger partial charge in [0.25, 0.3) is 0 Å². The van der Waals surface area contributed by atoms with Gasteiger partial charge in [-0.05, 0) is 28.8 Å². The lowest BCUT2D eigenvalue weighted by Crippen LogP contribution is -2.67. The van der Waals surface area contributed by atoms with Crippen LogP contribution in [0.15, 0.2) is 16.8 Å². The maximum absolute atomic E-state index is 10.4. The second kappa shape index (κ2) is 5.74. The van der Waals surface area contributed by atoms with Gasteiger partial charge in [-0.15, -0.1) is 0 Å². The number of rotatable bonds is 6. The Bertz CT molecular complexity index is 274. The number of carboxylic acids is 1. The molecule has 0 amide bonds. The summed E-state index contributed by atoms with van der Waals surface area (Å²) in [5, 5.41) is 12.6. The quantitative estimate of drug-likeness (QED) is 0.657. The molecule has 0 fully saturated rings. The van der Waals surface area contributed by atoms with E-state index in [9.17, 15) is 4.79 Å². The zero-order valence-electron chi connectivity index (χ0n) is 7.81. The third kappa shape index (κ3) is 3.87. The van der Waals surface area contributed by atoms with Gasteiger partial charge in [0.1, 0.15) is 6.61 Å². The lowest BCUT2D eigenvalue weighted by Gasteiger charge is -2.04. The van der Waals surface area contributed by atoms with Gasteiger partial charge < -0.3 is 15.6 Å². The van der Waals surface area contributed by atoms with Crippen molar-refractivity contribution in [1.82, 2.24) is 0 Å². The monoisotopic (exact) mass is 216 g/mol. The van der Waals surface area contributed by atoms with Gasteiger partial charge >= 0.3 is 5.97 Å². The number of hydrogen-bond acceptors (Lipinski definition) is 3. The van der Waals surface area contributed by atoms with E-state index in [1.165, 1.54) is 5.56 Å². The van der Waals surface area contributed by atoms with Crippen LogP contribution in [0.3, 0.4) is 0 Å². The Kier molecular flexibility index (Phi) is 4.58. The van der Waals surface area contributed by atoms with Crippen LogP contribution in [0.5, 0.6) is 0 Å². The van der Waals surface area contributed by atoms with Crippen LogP contribution in [0.25, 0.3) is 0 Å². The molecule has 0 aromatic carbocycles. The molecule has 0 aliphatic heterocycles. The number of thiophene rings is 1. The van der Waals surface area contributed by atoms with E-state index in [-0.39, 0.29) is 6.61 Å². The van der Waals surface area contributed by atoms with Crippen molar-refractivity contribution in [3.05, 3.63) is 22.4 Å². The molecule has 1 aromatic rings. The summed E-state index contributed by atoms with van der Waals surface area (Å²) in [5.74, 6) is -0.916. The van der Waals surface area contributed by atoms with Gasteiger partial charge in [-0.1, -0.05) is 0 Å². The van der Waals surface area contributed by atoms with E-state index in [0.717, 1.165) is 6.42 Å². The smallest absolute Gasteiger partial charge is 0.364 e. The molecule has 14 heavy (non-hydrogen) atoms. The van der Waals surface area contributed by atoms with Crippen molar-refractivity contribution < 1.29 is 20.4 Å². The molecule has 1 aromatic heterocycles. The highest BCUT2D eigenvalue weighted by molar-refractivity contribution is 7.07. The van der Waals surface area contributed by atoms with Crippen molar-refractivity contribution >= 4 is 17.3 Å². The number of carbonyl (C=O) groups is 1. The maximum Gasteiger partial charge on any atom is 0.364 e. The van der Waals surface area contributed by atoms with Crippen molar-refractivity contribution in [2.24, 2.45) is 0 Å². The molecule has 0 saturated carbocycles. The van der Waals surface area contributed by atoms with E-state index in [2.05, 4.69) is 11.1 Å². The average molecular weight is 216 g/mol. The minimum Gasteiger partial charge on any atom is -0.477 e. The summed E-state index contributed by atoms with van der Waals surface area (Å²) in [7, 11) is 0. The summed E-state index contributed by atoms with van der Waals surface area (Å²) in [6, 6.07) is 1.37. The molecule has 0 unspecified atom stereocenters. The number of aliphatic carboxylic acids is 1. The normalized spacial score (nSPS) is 12.6. The van der Waals surface area contributed by atoms with E-state index in [1.54, 1.807) is 11.3 Å². The number of ether oxygens (including phenoxy) is 1. The molecule has 0 aliphatic carbocycles. The Balaban J connectivity index is 2.08. The summed E-state index contributed by atoms with van der Waals surface area (Å²) < 4.78 is 5.19. The first-order chi connectivity index (χ1) is 6.70. The van der Waals surface area contributed by atoms with Gasteiger partial charge in [0.15, 0.2) is 0 Å². The van der Waals surface area contributed by atoms with E-state index >= 15 is 0 Å². The lowest BCUT2D eigenvalue weighted by molar-refractivity contribution is -0.414. The van der Waals surface area contributed by atoms with Crippen LogP contribution >= 0.6 is 11.3 Å². The van der Waals surface area contributed by atoms with Gasteiger partial charge in [0, 0.05) is 0 Å². The first kappa shape index (κ1) is 11.2. The summed E-state index contributed by atoms with van der Waals surface area (Å²) in [5.41, 5.74) is 4.68. The molecule has 78 valence electrons. The molecule has 1 rings (SSSR count). The van der Waals surface area contributed by atoms with Crippen molar-refractivity contribution in [1.29, 1.82) is 0 Å². The first-order valence-electron chi connectivity index (χ1n) is 4.35. The molecular formula is C9H14NO3S+. The molecule has 0 radical (unpaired) electrons. The van der Waals surface area contributed by atoms with Crippen LogP contribution in [0.4, 0.5) is 0 Å². The van der Waals surface area contributed by atoms with Crippen LogP contribution in [-0.4, -0.2) is 30.3 Å². The Labute approximate surface area is 86.3 Å². The molecule has 1 atom stereocenters. The minimum atomic E-state index is -0.916. The van der Waals surface area contributed by atoms with Gasteiger partial charge in [0.2, 0.25) is 6.04 Å². The molecule has 4 nitrogen and oxygen atoms in total. The van der Waals surface area contributed by atoms with E-state index in [0.29, 0.717) is 6.61 Å². The molecule has 4 N–H and O–H groups in total. The van der Waals surface area contributed by atoms with Gasteiger partial charge in [-0.2, -0.15) is 11.3 Å². The summed E-state index contributed by atoms with van der Waals surface area (Å²) in [6.07, 6.45) is 0.829. The standard InChI is InChI=1S/C9H13NO3S/c10-8(9(11)12)5-13-3-1-7-2-4-14-6-7/h2,4,6,8H,1,3,5,10H2,(H,11,12)/p+1/t8-/m0/s1. The molecule has 1 heterocycles. The van der Waals surface area contributed by atoms with Crippen LogP contribution < -0.4 is 5.73 Å². The highest BCUT2D eigenvalue weighted by Gasteiger charge is 2.14. The zero-order valence-corrected chi connectivity index (χ0v) is 8.63. The fraction of sp³-hybridized carbons (Fsp3) is 0.444. The first-order valence-corrected chi connectivity index (χ1v) is 5.29. The number of carboxylic acid groups (broad SMARTS) is 1. The molecule has 0 spiro atoms. The third-order valence-electron chi connectivity index (χ3n) is 1.78. The van der Waals surface area contributed by atoms with Crippen LogP contribution in [-0.2, 0) is 16.0 Å². The highest BCUT2D eigenvalue weighted by atomic mass is 32.1. The molecule has 0 saturated heterocycles. The van der Waals surface area contributed by atoms with Crippen LogP contribution in [0.1, 0.15) is 5.56 Å². The fourth-order valence-corrected chi connectivity index (χ4v) is 1.62. The Morgan fingerprint density at radius 1 is 1.71 bits per heavy atom. The summed E-state index contributed by atoms with van der Waals surface area (Å²) in [6.45, 7) is 0.732. The molecule has 0 bridgehead atoms. The predicted octanol–water partition coefficient (Wildman–Crippen LogP) is 0.00230. The van der Waals surface area contributed by atoms with Crippen molar-refractivity contribution in [3.8, 4) is 0 Å². The fourth-order valence-electron chi connectivity index (χ4n) is 0.922. The Hall–Kier alpha value is -0.910. The van der Waals surface area contributed by atoms with Crippen molar-refractivity contribution in [2.45, 2.75) is 12.5 Å². The Morgan fingerprint density at radius 2 is 2.50 bits per heavy atom. The number of quaternary nitrogens is 1. The van der Waals surface area contributed by atoms with E-state index < -0.39 is 12.0 Å². The van der Waals surface area contributed by atoms with Crippen molar-refractivity contribution in [3.63, 3.8) is 0 Å². The lowest BCUT2D eigenvalue weighted by atomic mass is 10.2. The topological polar surface area (TPSA) is 74.2 Å². The second-order valence-electron chi connectivity index (χ2n) is 2.99. The summed E-state index contributed by atoms with van der Waals surface area (Å²) in [4.78, 5) is 10.4. The highest BCUT2D eigenvalue weighted by Crippen LogP contribution is 2.06. The summed E-state index contributed by atoms with van der Waals surface area (Å²) >= 11 is 1.65. The largest absolute Gasteiger partial charge is 0.477 e. The Morgan fingerprint density at radius 3 is 3.07 bits per heavy atom. The van der Waals surface area contributed by atoms with Gasteiger partial charge in [0.05, 0.1) is 6.61 Å². The van der Waals surface area contributed by atoms with E-state index in [4.69, 9.17) is 9.84 Å². The van der Waals surface area contributed by atoms with Crippen LogP contribution in [0.2, 0.25) is 0 Å². The predicted molar refractivity (Wildman–Crippen MR) is 53.2 cm³/mol. The molecule has 0 aliphatic rings. The zero-order chi connectivity index (χ0) is 10.4. The third-order valence-corrected chi connectivity index (χ3v) is 2.52. The van der Waals surface area contributed by atoms with Crippen molar-refractivity contribution in [2.75, 3.05) is 13.2 Å².